The SMILES string of the molecule is CN(C)C.Cl.Cl.Cl.Cl.Cl. The maximum absolute atomic E-state index is 2.00. The molecule has 0 N–H and O–H groups in total. The smallest absolute Gasteiger partial charge is 0.0140 e. The average molecular weight is 241 g/mol. The van der Waals surface area contributed by atoms with Crippen molar-refractivity contribution in [1.82, 2.24) is 4.90 Å². The van der Waals surface area contributed by atoms with E-state index in [0.717, 1.165) is 0 Å². The lowest BCUT2D eigenvalue weighted by molar-refractivity contribution is 0.505. The van der Waals surface area contributed by atoms with Gasteiger partial charge in [-0.05, 0) is 21.1 Å². The molecule has 0 spiro atoms. The van der Waals surface area contributed by atoms with E-state index in [-0.39, 0.29) is 62.0 Å². The van der Waals surface area contributed by atoms with Crippen LogP contribution in [0.1, 0.15) is 0 Å². The Labute approximate surface area is 88.0 Å². The highest BCUT2D eigenvalue weighted by Crippen LogP contribution is 1.47. The van der Waals surface area contributed by atoms with E-state index in [1.54, 1.807) is 0 Å². The molecular weight excluding hydrogens is 227 g/mol. The average Bonchev–Trinajstić information content (AvgIpc) is 0.811. The molecule has 0 heterocycles. The summed E-state index contributed by atoms with van der Waals surface area (Å²) in [6, 6.07) is 0. The molecule has 66 valence electrons. The van der Waals surface area contributed by atoms with Gasteiger partial charge in [0, 0.05) is 0 Å². The van der Waals surface area contributed by atoms with Crippen LogP contribution in [-0.2, 0) is 0 Å². The summed E-state index contributed by atoms with van der Waals surface area (Å²) in [5, 5.41) is 0. The zero-order chi connectivity index (χ0) is 3.58. The highest BCUT2D eigenvalue weighted by atomic mass is 35.5. The van der Waals surface area contributed by atoms with E-state index in [9.17, 15) is 0 Å². The summed E-state index contributed by atoms with van der Waals surface area (Å²) in [5.74, 6) is 0. The summed E-state index contributed by atoms with van der Waals surface area (Å²) < 4.78 is 0. The van der Waals surface area contributed by atoms with Crippen LogP contribution in [0.3, 0.4) is 0 Å². The van der Waals surface area contributed by atoms with E-state index in [1.807, 2.05) is 26.0 Å². The van der Waals surface area contributed by atoms with E-state index in [0.29, 0.717) is 0 Å². The van der Waals surface area contributed by atoms with Gasteiger partial charge in [-0.1, -0.05) is 0 Å². The molecule has 6 heteroatoms. The molecule has 0 fully saturated rings. The molecule has 0 aromatic carbocycles. The summed E-state index contributed by atoms with van der Waals surface area (Å²) in [6.45, 7) is 0. The first kappa shape index (κ1) is 47.4. The monoisotopic (exact) mass is 239 g/mol. The van der Waals surface area contributed by atoms with Crippen molar-refractivity contribution in [3.63, 3.8) is 0 Å². The highest BCUT2D eigenvalue weighted by molar-refractivity contribution is 5.86. The second-order valence-electron chi connectivity index (χ2n) is 1.34. The minimum Gasteiger partial charge on any atom is -0.312 e. The molecule has 0 unspecified atom stereocenters. The topological polar surface area (TPSA) is 3.24 Å². The molecule has 0 amide bonds. The van der Waals surface area contributed by atoms with E-state index in [4.69, 9.17) is 0 Å². The van der Waals surface area contributed by atoms with Crippen molar-refractivity contribution in [2.24, 2.45) is 0 Å². The maximum atomic E-state index is 2.00. The van der Waals surface area contributed by atoms with E-state index >= 15 is 0 Å². The second-order valence-corrected chi connectivity index (χ2v) is 1.34. The van der Waals surface area contributed by atoms with Gasteiger partial charge in [-0.2, -0.15) is 0 Å². The zero-order valence-electron chi connectivity index (χ0n) is 5.49. The van der Waals surface area contributed by atoms with E-state index < -0.39 is 0 Å². The molecule has 0 saturated carbocycles. The number of nitrogens with zero attached hydrogens (tertiary/aromatic N) is 1. The van der Waals surface area contributed by atoms with Crippen LogP contribution in [0.15, 0.2) is 0 Å². The predicted octanol–water partition coefficient (Wildman–Crippen LogP) is 2.29. The van der Waals surface area contributed by atoms with Crippen LogP contribution < -0.4 is 0 Å². The molecule has 0 aromatic heterocycles. The number of rotatable bonds is 0. The lowest BCUT2D eigenvalue weighted by Crippen LogP contribution is -1.99. The van der Waals surface area contributed by atoms with Crippen LogP contribution >= 0.6 is 62.0 Å². The fourth-order valence-corrected chi connectivity index (χ4v) is 0. The molecule has 0 rings (SSSR count). The van der Waals surface area contributed by atoms with Gasteiger partial charge in [-0.3, -0.25) is 0 Å². The third-order valence-corrected chi connectivity index (χ3v) is 0. The number of halogens is 5. The minimum atomic E-state index is 0. The van der Waals surface area contributed by atoms with Crippen molar-refractivity contribution in [1.29, 1.82) is 0 Å². The Kier molecular flexibility index (Phi) is 180. The Hall–Kier alpha value is 1.41. The Bertz CT molecular complexity index is 16.9. The largest absolute Gasteiger partial charge is 0.312 e. The molecule has 0 aliphatic rings. The first-order valence-corrected chi connectivity index (χ1v) is 1.34. The van der Waals surface area contributed by atoms with Gasteiger partial charge in [-0.25, -0.2) is 0 Å². The molecular formula is C3H14Cl5N. The molecule has 0 aromatic rings. The minimum absolute atomic E-state index is 0. The zero-order valence-corrected chi connectivity index (χ0v) is 9.57. The van der Waals surface area contributed by atoms with Gasteiger partial charge < -0.3 is 4.90 Å². The van der Waals surface area contributed by atoms with Crippen molar-refractivity contribution in [3.05, 3.63) is 0 Å². The van der Waals surface area contributed by atoms with Gasteiger partial charge in [-0.15, -0.1) is 62.0 Å². The molecule has 9 heavy (non-hydrogen) atoms. The van der Waals surface area contributed by atoms with Gasteiger partial charge in [0.1, 0.15) is 0 Å². The molecule has 0 bridgehead atoms. The summed E-state index contributed by atoms with van der Waals surface area (Å²) in [4.78, 5) is 2.00. The van der Waals surface area contributed by atoms with Crippen molar-refractivity contribution < 1.29 is 0 Å². The fraction of sp³-hybridized carbons (Fsp3) is 1.00. The van der Waals surface area contributed by atoms with Gasteiger partial charge in [0.25, 0.3) is 0 Å². The van der Waals surface area contributed by atoms with Crippen molar-refractivity contribution in [2.45, 2.75) is 0 Å². The lowest BCUT2D eigenvalue weighted by atomic mass is 11.0. The molecule has 0 aliphatic heterocycles. The van der Waals surface area contributed by atoms with Crippen molar-refractivity contribution >= 4 is 62.0 Å². The molecule has 0 radical (unpaired) electrons. The van der Waals surface area contributed by atoms with E-state index in [2.05, 4.69) is 0 Å². The standard InChI is InChI=1S/C3H9N.5ClH/c1-4(2)3;;;;;/h1-3H3;5*1H. The second kappa shape index (κ2) is 34.2. The highest BCUT2D eigenvalue weighted by Gasteiger charge is 1.58. The van der Waals surface area contributed by atoms with Crippen LogP contribution in [0.2, 0.25) is 0 Å². The molecule has 0 aliphatic carbocycles. The first-order chi connectivity index (χ1) is 1.73. The van der Waals surface area contributed by atoms with E-state index in [1.165, 1.54) is 0 Å². The summed E-state index contributed by atoms with van der Waals surface area (Å²) >= 11 is 0. The third kappa shape index (κ3) is 260. The molecule has 1 nitrogen and oxygen atoms in total. The van der Waals surface area contributed by atoms with Crippen LogP contribution in [0.4, 0.5) is 0 Å². The summed E-state index contributed by atoms with van der Waals surface area (Å²) in [5.41, 5.74) is 0. The molecule has 0 atom stereocenters. The lowest BCUT2D eigenvalue weighted by Gasteiger charge is -1.90. The van der Waals surface area contributed by atoms with Crippen molar-refractivity contribution in [3.8, 4) is 0 Å². The quantitative estimate of drug-likeness (QED) is 0.629. The van der Waals surface area contributed by atoms with Crippen LogP contribution in [0.5, 0.6) is 0 Å². The third-order valence-electron chi connectivity index (χ3n) is 0. The van der Waals surface area contributed by atoms with Crippen molar-refractivity contribution in [2.75, 3.05) is 21.1 Å². The fourth-order valence-electron chi connectivity index (χ4n) is 0. The van der Waals surface area contributed by atoms with Gasteiger partial charge in [0.15, 0.2) is 0 Å². The Morgan fingerprint density at radius 2 is 0.556 bits per heavy atom. The Morgan fingerprint density at radius 3 is 0.556 bits per heavy atom. The van der Waals surface area contributed by atoms with Gasteiger partial charge in [0.05, 0.1) is 0 Å². The first-order valence-electron chi connectivity index (χ1n) is 1.34. The van der Waals surface area contributed by atoms with Crippen LogP contribution in [-0.4, -0.2) is 26.0 Å². The normalized spacial score (nSPS) is 4.00. The number of hydrogen-bond acceptors (Lipinski definition) is 1. The Morgan fingerprint density at radius 1 is 0.556 bits per heavy atom. The summed E-state index contributed by atoms with van der Waals surface area (Å²) in [6.07, 6.45) is 0. The predicted molar refractivity (Wildman–Crippen MR) is 55.9 cm³/mol. The molecule has 0 saturated heterocycles. The Balaban J connectivity index is -0.00000000450. The van der Waals surface area contributed by atoms with Crippen LogP contribution in [0.25, 0.3) is 0 Å². The number of hydrogen-bond donors (Lipinski definition) is 0. The maximum Gasteiger partial charge on any atom is -0.0140 e. The summed E-state index contributed by atoms with van der Waals surface area (Å²) in [7, 11) is 6.00. The van der Waals surface area contributed by atoms with Crippen LogP contribution in [0, 0.1) is 0 Å². The van der Waals surface area contributed by atoms with Gasteiger partial charge in [0.2, 0.25) is 0 Å². The van der Waals surface area contributed by atoms with Gasteiger partial charge >= 0.3 is 0 Å².